The smallest absolute Gasteiger partial charge is 0.188 e. The molecule has 1 saturated carbocycles. The molecule has 19 heavy (non-hydrogen) atoms. The molecule has 5 nitrogen and oxygen atoms in total. The average molecular weight is 382 g/mol. The van der Waals surface area contributed by atoms with E-state index in [1.807, 2.05) is 0 Å². The summed E-state index contributed by atoms with van der Waals surface area (Å²) in [7, 11) is 2.17. The predicted octanol–water partition coefficient (Wildman–Crippen LogP) is 1.17. The molecular formula is C13H27IN4O. The van der Waals surface area contributed by atoms with Crippen LogP contribution in [0, 0.1) is 0 Å². The van der Waals surface area contributed by atoms with Gasteiger partial charge in [-0.15, -0.1) is 24.0 Å². The van der Waals surface area contributed by atoms with Crippen LogP contribution in [0.5, 0.6) is 0 Å². The normalized spacial score (nSPS) is 25.2. The third-order valence-electron chi connectivity index (χ3n) is 3.88. The number of aliphatic imine (C=N–C) groups is 1. The van der Waals surface area contributed by atoms with Crippen molar-refractivity contribution in [1.29, 1.82) is 0 Å². The summed E-state index contributed by atoms with van der Waals surface area (Å²) >= 11 is 0. The number of likely N-dealkylation sites (N-methyl/N-ethyl adjacent to an activating group) is 1. The van der Waals surface area contributed by atoms with Crippen LogP contribution in [0.2, 0.25) is 0 Å². The van der Waals surface area contributed by atoms with Gasteiger partial charge >= 0.3 is 0 Å². The van der Waals surface area contributed by atoms with Crippen LogP contribution in [0.1, 0.15) is 32.6 Å². The first-order valence-corrected chi connectivity index (χ1v) is 7.04. The molecule has 0 aromatic rings. The fourth-order valence-electron chi connectivity index (χ4n) is 2.28. The number of nitrogens with zero attached hydrogens (tertiary/aromatic N) is 2. The van der Waals surface area contributed by atoms with Crippen LogP contribution in [0.15, 0.2) is 4.99 Å². The summed E-state index contributed by atoms with van der Waals surface area (Å²) < 4.78 is 5.53. The van der Waals surface area contributed by atoms with Crippen LogP contribution in [-0.2, 0) is 4.74 Å². The zero-order valence-electron chi connectivity index (χ0n) is 12.0. The summed E-state index contributed by atoms with van der Waals surface area (Å²) in [4.78, 5) is 6.80. The van der Waals surface area contributed by atoms with Gasteiger partial charge in [-0.05, 0) is 39.7 Å². The second-order valence-electron chi connectivity index (χ2n) is 5.49. The van der Waals surface area contributed by atoms with Gasteiger partial charge in [-0.2, -0.15) is 0 Å². The van der Waals surface area contributed by atoms with E-state index in [1.54, 1.807) is 0 Å². The topological polar surface area (TPSA) is 62.9 Å². The Hall–Kier alpha value is -0.0800. The highest BCUT2D eigenvalue weighted by Gasteiger charge is 2.28. The lowest BCUT2D eigenvalue weighted by Crippen LogP contribution is -2.39. The van der Waals surface area contributed by atoms with Crippen molar-refractivity contribution in [2.24, 2.45) is 10.7 Å². The van der Waals surface area contributed by atoms with Crippen molar-refractivity contribution in [3.05, 3.63) is 0 Å². The molecular weight excluding hydrogens is 355 g/mol. The molecule has 1 aliphatic carbocycles. The van der Waals surface area contributed by atoms with Crippen molar-refractivity contribution in [3.63, 3.8) is 0 Å². The van der Waals surface area contributed by atoms with Gasteiger partial charge in [0.25, 0.3) is 0 Å². The van der Waals surface area contributed by atoms with Crippen LogP contribution >= 0.6 is 24.0 Å². The minimum absolute atomic E-state index is 0. The van der Waals surface area contributed by atoms with Gasteiger partial charge in [-0.25, -0.2) is 0 Å². The second kappa shape index (κ2) is 8.26. The van der Waals surface area contributed by atoms with Gasteiger partial charge < -0.3 is 15.8 Å². The Labute approximate surface area is 133 Å². The Morgan fingerprint density at radius 2 is 2.21 bits per heavy atom. The second-order valence-corrected chi connectivity index (χ2v) is 5.49. The number of hydrogen-bond donors (Lipinski definition) is 2. The fraction of sp³-hybridized carbons (Fsp3) is 0.923. The van der Waals surface area contributed by atoms with Crippen LogP contribution < -0.4 is 11.1 Å². The molecule has 0 spiro atoms. The number of ether oxygens (including phenoxy) is 1. The number of guanidine groups is 1. The molecule has 0 aromatic heterocycles. The molecule has 0 radical (unpaired) electrons. The van der Waals surface area contributed by atoms with E-state index in [2.05, 4.69) is 29.2 Å². The standard InChI is InChI=1S/C13H26N4O.HI/c1-10(17(2)11-5-6-11)8-15-13(14)16-9-12-4-3-7-18-12;/h10-12H,3-9H2,1-2H3,(H3,14,15,16);1H. The predicted molar refractivity (Wildman–Crippen MR) is 89.1 cm³/mol. The van der Waals surface area contributed by atoms with Crippen LogP contribution in [0.4, 0.5) is 0 Å². The Morgan fingerprint density at radius 3 is 2.79 bits per heavy atom. The van der Waals surface area contributed by atoms with Gasteiger partial charge in [0.1, 0.15) is 0 Å². The molecule has 0 amide bonds. The Morgan fingerprint density at radius 1 is 1.47 bits per heavy atom. The zero-order valence-corrected chi connectivity index (χ0v) is 14.3. The average Bonchev–Trinajstić information content (AvgIpc) is 3.09. The maximum atomic E-state index is 5.86. The van der Waals surface area contributed by atoms with E-state index < -0.39 is 0 Å². The molecule has 0 aromatic carbocycles. The molecule has 112 valence electrons. The van der Waals surface area contributed by atoms with Crippen molar-refractivity contribution in [2.45, 2.75) is 50.8 Å². The molecule has 3 N–H and O–H groups in total. The summed E-state index contributed by atoms with van der Waals surface area (Å²) in [6.07, 6.45) is 5.26. The highest BCUT2D eigenvalue weighted by Crippen LogP contribution is 2.26. The zero-order chi connectivity index (χ0) is 13.0. The van der Waals surface area contributed by atoms with E-state index in [1.165, 1.54) is 12.8 Å². The Balaban J connectivity index is 0.00000180. The summed E-state index contributed by atoms with van der Waals surface area (Å²) in [5.41, 5.74) is 5.86. The van der Waals surface area contributed by atoms with Crippen molar-refractivity contribution < 1.29 is 4.74 Å². The molecule has 6 heteroatoms. The third kappa shape index (κ3) is 5.83. The van der Waals surface area contributed by atoms with Gasteiger partial charge in [-0.1, -0.05) is 0 Å². The highest BCUT2D eigenvalue weighted by atomic mass is 127. The van der Waals surface area contributed by atoms with E-state index in [9.17, 15) is 0 Å². The molecule has 2 unspecified atom stereocenters. The number of nitrogens with one attached hydrogen (secondary N) is 1. The first-order valence-electron chi connectivity index (χ1n) is 7.04. The number of halogens is 1. The summed E-state index contributed by atoms with van der Waals surface area (Å²) in [5.74, 6) is 0.543. The Bertz CT molecular complexity index is 290. The lowest BCUT2D eigenvalue weighted by atomic mass is 10.2. The third-order valence-corrected chi connectivity index (χ3v) is 3.88. The molecule has 1 aliphatic heterocycles. The van der Waals surface area contributed by atoms with Crippen molar-refractivity contribution in [2.75, 3.05) is 26.7 Å². The van der Waals surface area contributed by atoms with Crippen LogP contribution in [0.3, 0.4) is 0 Å². The van der Waals surface area contributed by atoms with E-state index in [0.717, 1.165) is 38.6 Å². The molecule has 1 heterocycles. The first kappa shape index (κ1) is 17.0. The largest absolute Gasteiger partial charge is 0.376 e. The molecule has 2 rings (SSSR count). The SMILES string of the molecule is CC(CN=C(N)NCC1CCCO1)N(C)C1CC1.I. The molecule has 2 fully saturated rings. The maximum absolute atomic E-state index is 5.86. The number of hydrogen-bond acceptors (Lipinski definition) is 3. The molecule has 2 atom stereocenters. The lowest BCUT2D eigenvalue weighted by Gasteiger charge is -2.23. The summed E-state index contributed by atoms with van der Waals surface area (Å²) in [5, 5.41) is 3.15. The number of nitrogens with two attached hydrogens (primary N) is 1. The van der Waals surface area contributed by atoms with Gasteiger partial charge in [-0.3, -0.25) is 9.89 Å². The summed E-state index contributed by atoms with van der Waals surface area (Å²) in [6, 6.07) is 1.23. The van der Waals surface area contributed by atoms with E-state index >= 15 is 0 Å². The van der Waals surface area contributed by atoms with Crippen LogP contribution in [0.25, 0.3) is 0 Å². The van der Waals surface area contributed by atoms with Gasteiger partial charge in [0.05, 0.1) is 12.6 Å². The molecule has 1 saturated heterocycles. The van der Waals surface area contributed by atoms with E-state index in [4.69, 9.17) is 10.5 Å². The quantitative estimate of drug-likeness (QED) is 0.411. The van der Waals surface area contributed by atoms with Gasteiger partial charge in [0.15, 0.2) is 5.96 Å². The lowest BCUT2D eigenvalue weighted by molar-refractivity contribution is 0.114. The van der Waals surface area contributed by atoms with Crippen molar-refractivity contribution in [1.82, 2.24) is 10.2 Å². The minimum atomic E-state index is 0. The van der Waals surface area contributed by atoms with Crippen molar-refractivity contribution in [3.8, 4) is 0 Å². The highest BCUT2D eigenvalue weighted by molar-refractivity contribution is 14.0. The molecule has 2 aliphatic rings. The minimum Gasteiger partial charge on any atom is -0.376 e. The molecule has 0 bridgehead atoms. The fourth-order valence-corrected chi connectivity index (χ4v) is 2.28. The van der Waals surface area contributed by atoms with E-state index in [-0.39, 0.29) is 24.0 Å². The van der Waals surface area contributed by atoms with Crippen LogP contribution in [-0.4, -0.2) is 55.8 Å². The Kier molecular flexibility index (Phi) is 7.38. The monoisotopic (exact) mass is 382 g/mol. The van der Waals surface area contributed by atoms with Gasteiger partial charge in [0, 0.05) is 25.2 Å². The summed E-state index contributed by atoms with van der Waals surface area (Å²) in [6.45, 7) is 4.63. The number of rotatable bonds is 6. The first-order chi connectivity index (χ1) is 8.66. The van der Waals surface area contributed by atoms with Gasteiger partial charge in [0.2, 0.25) is 0 Å². The van der Waals surface area contributed by atoms with Crippen molar-refractivity contribution >= 4 is 29.9 Å². The maximum Gasteiger partial charge on any atom is 0.188 e. The van der Waals surface area contributed by atoms with E-state index in [0.29, 0.717) is 18.1 Å².